The summed E-state index contributed by atoms with van der Waals surface area (Å²) in [6.07, 6.45) is 4.07. The molecule has 1 saturated carbocycles. The van der Waals surface area contributed by atoms with Gasteiger partial charge in [-0.15, -0.1) is 0 Å². The minimum Gasteiger partial charge on any atom is -0.490 e. The second kappa shape index (κ2) is 10.2. The number of nitrogens with zero attached hydrogens (tertiary/aromatic N) is 1. The Bertz CT molecular complexity index is 1010. The summed E-state index contributed by atoms with van der Waals surface area (Å²) >= 11 is 7.02. The second-order valence-corrected chi connectivity index (χ2v) is 9.82. The third kappa shape index (κ3) is 6.16. The van der Waals surface area contributed by atoms with E-state index in [9.17, 15) is 13.6 Å². The van der Waals surface area contributed by atoms with E-state index in [2.05, 4.69) is 9.62 Å². The number of halogens is 4. The lowest BCUT2D eigenvalue weighted by atomic mass is 9.93. The third-order valence-corrected chi connectivity index (χ3v) is 6.73. The maximum absolute atomic E-state index is 15.5. The third-order valence-electron chi connectivity index (χ3n) is 6.12. The van der Waals surface area contributed by atoms with Crippen LogP contribution < -0.4 is 9.46 Å². The molecule has 2 aliphatic rings. The van der Waals surface area contributed by atoms with Gasteiger partial charge in [0.1, 0.15) is 29.7 Å². The van der Waals surface area contributed by atoms with Gasteiger partial charge in [0.05, 0.1) is 5.56 Å². The van der Waals surface area contributed by atoms with Crippen LogP contribution in [0.3, 0.4) is 0 Å². The number of ether oxygens (including phenoxy) is 1. The number of hydrogen-bond acceptors (Lipinski definition) is 4. The summed E-state index contributed by atoms with van der Waals surface area (Å²) in [7, 11) is 0. The lowest BCUT2D eigenvalue weighted by Gasteiger charge is -2.36. The van der Waals surface area contributed by atoms with Gasteiger partial charge in [-0.1, -0.05) is 23.5 Å². The Morgan fingerprint density at radius 2 is 1.94 bits per heavy atom. The molecule has 0 atom stereocenters. The first-order chi connectivity index (χ1) is 15.8. The second-order valence-electron chi connectivity index (χ2n) is 8.77. The molecule has 1 heterocycles. The Morgan fingerprint density at radius 3 is 2.58 bits per heavy atom. The molecule has 0 bridgehead atoms. The van der Waals surface area contributed by atoms with Crippen LogP contribution in [0.5, 0.6) is 5.75 Å². The van der Waals surface area contributed by atoms with Crippen LogP contribution in [0, 0.1) is 11.6 Å². The van der Waals surface area contributed by atoms with E-state index in [0.717, 1.165) is 35.9 Å². The molecule has 0 aromatic heterocycles. The molecule has 0 radical (unpaired) electrons. The summed E-state index contributed by atoms with van der Waals surface area (Å²) in [5, 5.41) is 0.339. The van der Waals surface area contributed by atoms with E-state index in [-0.39, 0.29) is 30.9 Å². The van der Waals surface area contributed by atoms with E-state index in [1.54, 1.807) is 12.3 Å². The van der Waals surface area contributed by atoms with Gasteiger partial charge in [0.2, 0.25) is 0 Å². The van der Waals surface area contributed by atoms with Crippen molar-refractivity contribution >= 4 is 29.5 Å². The SMILES string of the molecule is CSNC(=O)c1cc(C2CC2)c(OCC2(F)CCN(Cc3cc(F)cc(Cl)c3)CC2)cc1F. The van der Waals surface area contributed by atoms with Crippen molar-refractivity contribution < 1.29 is 22.7 Å². The zero-order valence-electron chi connectivity index (χ0n) is 18.3. The molecule has 9 heteroatoms. The minimum atomic E-state index is -1.54. The number of likely N-dealkylation sites (tertiary alicyclic amines) is 1. The smallest absolute Gasteiger partial charge is 0.264 e. The van der Waals surface area contributed by atoms with E-state index in [0.29, 0.717) is 30.4 Å². The number of carbonyl (C=O) groups is 1. The van der Waals surface area contributed by atoms with Crippen LogP contribution in [0.15, 0.2) is 30.3 Å². The van der Waals surface area contributed by atoms with E-state index >= 15 is 4.39 Å². The fourth-order valence-corrected chi connectivity index (χ4v) is 4.70. The summed E-state index contributed by atoms with van der Waals surface area (Å²) in [6, 6.07) is 7.14. The molecular weight excluding hydrogens is 473 g/mol. The highest BCUT2D eigenvalue weighted by molar-refractivity contribution is 7.97. The number of benzene rings is 2. The normalized spacial score (nSPS) is 18.2. The van der Waals surface area contributed by atoms with Gasteiger partial charge >= 0.3 is 0 Å². The van der Waals surface area contributed by atoms with Crippen molar-refractivity contribution in [3.63, 3.8) is 0 Å². The Hall–Kier alpha value is -1.90. The van der Waals surface area contributed by atoms with E-state index < -0.39 is 23.2 Å². The number of hydrogen-bond donors (Lipinski definition) is 1. The predicted molar refractivity (Wildman–Crippen MR) is 125 cm³/mol. The van der Waals surface area contributed by atoms with E-state index in [1.165, 1.54) is 24.3 Å². The van der Waals surface area contributed by atoms with Gasteiger partial charge < -0.3 is 4.74 Å². The van der Waals surface area contributed by atoms with Crippen molar-refractivity contribution in [3.8, 4) is 5.75 Å². The molecule has 33 heavy (non-hydrogen) atoms. The fraction of sp³-hybridized carbons (Fsp3) is 0.458. The molecule has 0 unspecified atom stereocenters. The van der Waals surface area contributed by atoms with Gasteiger partial charge in [0, 0.05) is 37.0 Å². The van der Waals surface area contributed by atoms with Crippen molar-refractivity contribution in [2.24, 2.45) is 0 Å². The number of carbonyl (C=O) groups excluding carboxylic acids is 1. The van der Waals surface area contributed by atoms with Crippen LogP contribution in [0.25, 0.3) is 0 Å². The Morgan fingerprint density at radius 1 is 1.21 bits per heavy atom. The van der Waals surface area contributed by atoms with Crippen molar-refractivity contribution in [3.05, 3.63) is 63.7 Å². The lowest BCUT2D eigenvalue weighted by molar-refractivity contribution is 0.0148. The first kappa shape index (κ1) is 24.2. The van der Waals surface area contributed by atoms with Gasteiger partial charge in [0.15, 0.2) is 0 Å². The Kier molecular flexibility index (Phi) is 7.46. The van der Waals surface area contributed by atoms with Crippen LogP contribution in [0.2, 0.25) is 5.02 Å². The molecule has 1 amide bonds. The van der Waals surface area contributed by atoms with Crippen molar-refractivity contribution in [1.82, 2.24) is 9.62 Å². The molecule has 4 nitrogen and oxygen atoms in total. The van der Waals surface area contributed by atoms with Gasteiger partial charge in [-0.25, -0.2) is 13.2 Å². The first-order valence-electron chi connectivity index (χ1n) is 10.9. The average molecular weight is 499 g/mol. The summed E-state index contributed by atoms with van der Waals surface area (Å²) in [4.78, 5) is 14.2. The number of nitrogens with one attached hydrogen (secondary N) is 1. The van der Waals surface area contributed by atoms with Crippen LogP contribution in [0.4, 0.5) is 13.2 Å². The molecule has 1 N–H and O–H groups in total. The standard InChI is InChI=1S/C24H26ClF3N2O2S/c1-33-29-23(31)20-11-19(16-2-3-16)22(12-21(20)27)32-14-24(28)4-6-30(7-5-24)13-15-8-17(25)10-18(26)9-15/h8-12,16H,2-7,13-14H2,1H3,(H,29,31). The van der Waals surface area contributed by atoms with Gasteiger partial charge in [-0.2, -0.15) is 0 Å². The molecule has 178 valence electrons. The highest BCUT2D eigenvalue weighted by Gasteiger charge is 2.37. The van der Waals surface area contributed by atoms with Crippen molar-refractivity contribution in [2.75, 3.05) is 26.0 Å². The summed E-state index contributed by atoms with van der Waals surface area (Å²) in [6.45, 7) is 1.30. The quantitative estimate of drug-likeness (QED) is 0.461. The van der Waals surface area contributed by atoms with Crippen LogP contribution in [0.1, 0.15) is 53.1 Å². The van der Waals surface area contributed by atoms with Crippen molar-refractivity contribution in [2.45, 2.75) is 43.8 Å². The lowest BCUT2D eigenvalue weighted by Crippen LogP contribution is -2.44. The number of piperidine rings is 1. The molecule has 2 aromatic rings. The zero-order chi connectivity index (χ0) is 23.6. The van der Waals surface area contributed by atoms with Gasteiger partial charge in [-0.05, 0) is 67.0 Å². The molecule has 1 saturated heterocycles. The number of amides is 1. The Labute approximate surface area is 200 Å². The van der Waals surface area contributed by atoms with Crippen LogP contribution in [-0.2, 0) is 6.54 Å². The fourth-order valence-electron chi connectivity index (χ4n) is 4.16. The highest BCUT2D eigenvalue weighted by Crippen LogP contribution is 2.45. The number of rotatable bonds is 8. The van der Waals surface area contributed by atoms with Crippen LogP contribution >= 0.6 is 23.5 Å². The monoisotopic (exact) mass is 498 g/mol. The van der Waals surface area contributed by atoms with Crippen molar-refractivity contribution in [1.29, 1.82) is 0 Å². The molecule has 4 rings (SSSR count). The van der Waals surface area contributed by atoms with Gasteiger partial charge in [0.25, 0.3) is 5.91 Å². The topological polar surface area (TPSA) is 41.6 Å². The maximum Gasteiger partial charge on any atom is 0.264 e. The minimum absolute atomic E-state index is 0.0284. The van der Waals surface area contributed by atoms with Gasteiger partial charge in [-0.3, -0.25) is 14.4 Å². The first-order valence-corrected chi connectivity index (χ1v) is 12.5. The van der Waals surface area contributed by atoms with Crippen LogP contribution in [-0.4, -0.2) is 42.4 Å². The van der Waals surface area contributed by atoms with E-state index in [1.807, 2.05) is 0 Å². The number of alkyl halides is 1. The molecule has 2 aromatic carbocycles. The molecule has 2 fully saturated rings. The molecule has 0 spiro atoms. The Balaban J connectivity index is 1.38. The predicted octanol–water partition coefficient (Wildman–Crippen LogP) is 5.89. The summed E-state index contributed by atoms with van der Waals surface area (Å²) in [5.74, 6) is -1.06. The summed E-state index contributed by atoms with van der Waals surface area (Å²) in [5.41, 5.74) is -0.0637. The maximum atomic E-state index is 15.5. The molecule has 1 aliphatic heterocycles. The largest absolute Gasteiger partial charge is 0.490 e. The molecular formula is C24H26ClF3N2O2S. The summed E-state index contributed by atoms with van der Waals surface area (Å²) < 4.78 is 51.9. The average Bonchev–Trinajstić information content (AvgIpc) is 3.59. The highest BCUT2D eigenvalue weighted by atomic mass is 35.5. The molecule has 1 aliphatic carbocycles. The van der Waals surface area contributed by atoms with E-state index in [4.69, 9.17) is 16.3 Å². The zero-order valence-corrected chi connectivity index (χ0v) is 19.9.